The van der Waals surface area contributed by atoms with Gasteiger partial charge in [0, 0.05) is 30.0 Å². The van der Waals surface area contributed by atoms with Crippen LogP contribution in [0.25, 0.3) is 0 Å². The van der Waals surface area contributed by atoms with Crippen molar-refractivity contribution in [1.29, 1.82) is 0 Å². The predicted octanol–water partition coefficient (Wildman–Crippen LogP) is 2.82. The Bertz CT molecular complexity index is 961. The van der Waals surface area contributed by atoms with Gasteiger partial charge in [0.1, 0.15) is 9.96 Å². The molecule has 1 fully saturated rings. The summed E-state index contributed by atoms with van der Waals surface area (Å²) >= 11 is 1.17. The van der Waals surface area contributed by atoms with Gasteiger partial charge < -0.3 is 10.1 Å². The normalized spacial score (nSPS) is 14.7. The van der Waals surface area contributed by atoms with E-state index in [0.29, 0.717) is 35.0 Å². The number of rotatable bonds is 9. The number of thiophene rings is 1. The molecular weight excluding hydrogens is 412 g/mol. The molecule has 0 unspecified atom stereocenters. The van der Waals surface area contributed by atoms with Crippen LogP contribution in [0.15, 0.2) is 40.6 Å². The van der Waals surface area contributed by atoms with Crippen LogP contribution in [0.5, 0.6) is 5.75 Å². The number of carbonyl (C=O) groups is 2. The van der Waals surface area contributed by atoms with E-state index in [1.54, 1.807) is 43.3 Å². The lowest BCUT2D eigenvalue weighted by Crippen LogP contribution is -2.28. The Kier molecular flexibility index (Phi) is 7.05. The van der Waals surface area contributed by atoms with E-state index in [9.17, 15) is 18.0 Å². The number of Topliss-reactive ketones (excluding diaryl/α,β-unsaturated/α-hetero) is 1. The molecule has 1 aliphatic heterocycles. The Morgan fingerprint density at radius 1 is 1.10 bits per heavy atom. The van der Waals surface area contributed by atoms with E-state index in [-0.39, 0.29) is 24.8 Å². The first-order valence-corrected chi connectivity index (χ1v) is 11.8. The zero-order valence-electron chi connectivity index (χ0n) is 16.2. The van der Waals surface area contributed by atoms with Crippen molar-refractivity contribution in [3.8, 4) is 5.75 Å². The van der Waals surface area contributed by atoms with Gasteiger partial charge in [-0.25, -0.2) is 8.42 Å². The van der Waals surface area contributed by atoms with Crippen LogP contribution in [0.2, 0.25) is 0 Å². The van der Waals surface area contributed by atoms with Crippen molar-refractivity contribution in [2.75, 3.05) is 19.7 Å². The third-order valence-electron chi connectivity index (χ3n) is 4.62. The molecule has 1 aromatic carbocycles. The summed E-state index contributed by atoms with van der Waals surface area (Å²) in [4.78, 5) is 24.4. The average Bonchev–Trinajstić information content (AvgIpc) is 3.43. The average molecular weight is 437 g/mol. The fourth-order valence-electron chi connectivity index (χ4n) is 2.97. The summed E-state index contributed by atoms with van der Waals surface area (Å²) in [7, 11) is -3.42. The summed E-state index contributed by atoms with van der Waals surface area (Å²) in [6.07, 6.45) is 2.22. The molecule has 1 aliphatic rings. The molecule has 9 heteroatoms. The van der Waals surface area contributed by atoms with Gasteiger partial charge in [-0.1, -0.05) is 6.92 Å². The lowest BCUT2D eigenvalue weighted by Gasteiger charge is -2.13. The van der Waals surface area contributed by atoms with Crippen LogP contribution in [0.1, 0.15) is 41.4 Å². The molecule has 0 radical (unpaired) electrons. The van der Waals surface area contributed by atoms with Crippen LogP contribution in [0, 0.1) is 0 Å². The first-order valence-electron chi connectivity index (χ1n) is 9.52. The van der Waals surface area contributed by atoms with Crippen molar-refractivity contribution in [3.63, 3.8) is 0 Å². The maximum Gasteiger partial charge on any atom is 0.258 e. The molecule has 1 saturated heterocycles. The molecule has 7 nitrogen and oxygen atoms in total. The Morgan fingerprint density at radius 2 is 1.79 bits per heavy atom. The fraction of sp³-hybridized carbons (Fsp3) is 0.400. The van der Waals surface area contributed by atoms with E-state index in [2.05, 4.69) is 5.32 Å². The van der Waals surface area contributed by atoms with Crippen molar-refractivity contribution >= 4 is 33.1 Å². The fourth-order valence-corrected chi connectivity index (χ4v) is 5.94. The molecule has 0 spiro atoms. The second-order valence-electron chi connectivity index (χ2n) is 6.70. The highest BCUT2D eigenvalue weighted by atomic mass is 32.2. The highest BCUT2D eigenvalue weighted by molar-refractivity contribution is 7.91. The van der Waals surface area contributed by atoms with E-state index in [1.165, 1.54) is 15.6 Å². The first-order chi connectivity index (χ1) is 13.9. The maximum atomic E-state index is 12.5. The van der Waals surface area contributed by atoms with E-state index < -0.39 is 10.0 Å². The molecule has 29 heavy (non-hydrogen) atoms. The van der Waals surface area contributed by atoms with Crippen LogP contribution in [0.4, 0.5) is 0 Å². The number of amides is 1. The van der Waals surface area contributed by atoms with Crippen molar-refractivity contribution in [2.24, 2.45) is 0 Å². The Morgan fingerprint density at radius 3 is 2.45 bits per heavy atom. The summed E-state index contributed by atoms with van der Waals surface area (Å²) in [5, 5.41) is 2.73. The van der Waals surface area contributed by atoms with Crippen LogP contribution in [-0.4, -0.2) is 44.1 Å². The number of nitrogens with one attached hydrogen (secondary N) is 1. The molecule has 3 rings (SSSR count). The van der Waals surface area contributed by atoms with Gasteiger partial charge >= 0.3 is 0 Å². The standard InChI is InChI=1S/C20H24N2O5S2/c1-2-18(23)15-5-7-16(8-6-15)27-14-19(24)21-13-17-9-10-20(28-17)29(25,26)22-11-3-4-12-22/h5-10H,2-4,11-14H2,1H3,(H,21,24). The van der Waals surface area contributed by atoms with Gasteiger partial charge in [0.05, 0.1) is 6.54 Å². The Balaban J connectivity index is 1.47. The van der Waals surface area contributed by atoms with Crippen LogP contribution in [0.3, 0.4) is 0 Å². The first kappa shape index (κ1) is 21.5. The van der Waals surface area contributed by atoms with Gasteiger partial charge in [0.25, 0.3) is 15.9 Å². The summed E-state index contributed by atoms with van der Waals surface area (Å²) in [5.41, 5.74) is 0.613. The summed E-state index contributed by atoms with van der Waals surface area (Å²) in [6.45, 7) is 3.02. The van der Waals surface area contributed by atoms with Crippen molar-refractivity contribution < 1.29 is 22.7 Å². The Hall–Kier alpha value is -2.23. The quantitative estimate of drug-likeness (QED) is 0.610. The number of sulfonamides is 1. The second kappa shape index (κ2) is 9.51. The number of nitrogens with zero attached hydrogens (tertiary/aromatic N) is 1. The second-order valence-corrected chi connectivity index (χ2v) is 10.0. The topological polar surface area (TPSA) is 92.8 Å². The number of hydrogen-bond acceptors (Lipinski definition) is 6. The van der Waals surface area contributed by atoms with Gasteiger partial charge in [-0.15, -0.1) is 11.3 Å². The molecule has 1 N–H and O–H groups in total. The van der Waals surface area contributed by atoms with E-state index in [0.717, 1.165) is 17.7 Å². The van der Waals surface area contributed by atoms with Crippen molar-refractivity contribution in [3.05, 3.63) is 46.8 Å². The van der Waals surface area contributed by atoms with E-state index in [4.69, 9.17) is 4.74 Å². The minimum absolute atomic E-state index is 0.0522. The number of ketones is 1. The van der Waals surface area contributed by atoms with Gasteiger partial charge in [-0.3, -0.25) is 9.59 Å². The Labute approximate surface area is 174 Å². The SMILES string of the molecule is CCC(=O)c1ccc(OCC(=O)NCc2ccc(S(=O)(=O)N3CCCC3)s2)cc1. The maximum absolute atomic E-state index is 12.5. The third-order valence-corrected chi connectivity index (χ3v) is 8.07. The molecule has 2 heterocycles. The van der Waals surface area contributed by atoms with E-state index in [1.807, 2.05) is 0 Å². The minimum Gasteiger partial charge on any atom is -0.484 e. The molecule has 1 aromatic heterocycles. The van der Waals surface area contributed by atoms with E-state index >= 15 is 0 Å². The van der Waals surface area contributed by atoms with Crippen molar-refractivity contribution in [2.45, 2.75) is 36.9 Å². The molecule has 0 bridgehead atoms. The van der Waals surface area contributed by atoms with Crippen LogP contribution in [-0.2, 0) is 21.4 Å². The molecule has 2 aromatic rings. The summed E-state index contributed by atoms with van der Waals surface area (Å²) < 4.78 is 32.3. The van der Waals surface area contributed by atoms with Gasteiger partial charge in [0.2, 0.25) is 0 Å². The highest BCUT2D eigenvalue weighted by Crippen LogP contribution is 2.27. The zero-order valence-corrected chi connectivity index (χ0v) is 17.9. The molecule has 156 valence electrons. The lowest BCUT2D eigenvalue weighted by atomic mass is 10.1. The summed E-state index contributed by atoms with van der Waals surface area (Å²) in [5.74, 6) is 0.246. The number of carbonyl (C=O) groups excluding carboxylic acids is 2. The number of hydrogen-bond donors (Lipinski definition) is 1. The lowest BCUT2D eigenvalue weighted by molar-refractivity contribution is -0.123. The molecule has 0 atom stereocenters. The van der Waals surface area contributed by atoms with Gasteiger partial charge in [0.15, 0.2) is 12.4 Å². The smallest absolute Gasteiger partial charge is 0.258 e. The molecule has 0 aliphatic carbocycles. The number of ether oxygens (including phenoxy) is 1. The van der Waals surface area contributed by atoms with Crippen LogP contribution >= 0.6 is 11.3 Å². The number of benzene rings is 1. The van der Waals surface area contributed by atoms with Crippen molar-refractivity contribution in [1.82, 2.24) is 9.62 Å². The predicted molar refractivity (Wildman–Crippen MR) is 111 cm³/mol. The monoisotopic (exact) mass is 436 g/mol. The third kappa shape index (κ3) is 5.43. The highest BCUT2D eigenvalue weighted by Gasteiger charge is 2.28. The van der Waals surface area contributed by atoms with Crippen LogP contribution < -0.4 is 10.1 Å². The molecular formula is C20H24N2O5S2. The van der Waals surface area contributed by atoms with Gasteiger partial charge in [-0.2, -0.15) is 4.31 Å². The largest absolute Gasteiger partial charge is 0.484 e. The molecule has 1 amide bonds. The zero-order chi connectivity index (χ0) is 20.9. The van der Waals surface area contributed by atoms with Gasteiger partial charge in [-0.05, 0) is 49.2 Å². The molecule has 0 saturated carbocycles. The summed E-state index contributed by atoms with van der Waals surface area (Å²) in [6, 6.07) is 9.98. The minimum atomic E-state index is -3.42.